The fourth-order valence-electron chi connectivity index (χ4n) is 0.881. The van der Waals surface area contributed by atoms with Gasteiger partial charge in [0, 0.05) is 6.42 Å². The van der Waals surface area contributed by atoms with Gasteiger partial charge in [-0.2, -0.15) is 0 Å². The van der Waals surface area contributed by atoms with Crippen LogP contribution in [-0.2, 0) is 11.2 Å². The highest BCUT2D eigenvalue weighted by molar-refractivity contribution is 14.1. The number of ether oxygens (including phenoxy) is 1. The standard InChI is InChI=1S/C9H9IO2/c10-7-12-9-3-1-8(2-4-9)5-6-11/h1-4,6H,5,7H2. The van der Waals surface area contributed by atoms with Gasteiger partial charge < -0.3 is 9.53 Å². The van der Waals surface area contributed by atoms with Crippen molar-refractivity contribution in [3.05, 3.63) is 29.8 Å². The van der Waals surface area contributed by atoms with Gasteiger partial charge >= 0.3 is 0 Å². The fourth-order valence-corrected chi connectivity index (χ4v) is 1.24. The average molecular weight is 276 g/mol. The van der Waals surface area contributed by atoms with Gasteiger partial charge in [0.2, 0.25) is 0 Å². The molecule has 0 unspecified atom stereocenters. The molecular formula is C9H9IO2. The summed E-state index contributed by atoms with van der Waals surface area (Å²) in [5.41, 5.74) is 1.02. The first-order chi connectivity index (χ1) is 5.86. The second-order valence-electron chi connectivity index (χ2n) is 2.27. The molecule has 1 aromatic rings. The van der Waals surface area contributed by atoms with Crippen molar-refractivity contribution < 1.29 is 9.53 Å². The molecule has 0 heterocycles. The number of benzene rings is 1. The minimum Gasteiger partial charge on any atom is -0.483 e. The van der Waals surface area contributed by atoms with Crippen molar-refractivity contribution in [2.75, 3.05) is 4.61 Å². The molecule has 0 aliphatic heterocycles. The lowest BCUT2D eigenvalue weighted by atomic mass is 10.2. The summed E-state index contributed by atoms with van der Waals surface area (Å²) in [6.45, 7) is 0. The van der Waals surface area contributed by atoms with Crippen LogP contribution in [0.5, 0.6) is 5.75 Å². The van der Waals surface area contributed by atoms with E-state index in [2.05, 4.69) is 22.6 Å². The van der Waals surface area contributed by atoms with Gasteiger partial charge in [0.15, 0.2) is 0 Å². The van der Waals surface area contributed by atoms with E-state index >= 15 is 0 Å². The molecule has 1 aromatic carbocycles. The number of rotatable bonds is 4. The Bertz CT molecular complexity index is 243. The lowest BCUT2D eigenvalue weighted by molar-refractivity contribution is -0.107. The summed E-state index contributed by atoms with van der Waals surface area (Å²) in [4.78, 5) is 10.2. The maximum atomic E-state index is 10.2. The minimum absolute atomic E-state index is 0.477. The van der Waals surface area contributed by atoms with Crippen LogP contribution in [0.3, 0.4) is 0 Å². The smallest absolute Gasteiger partial charge is 0.139 e. The largest absolute Gasteiger partial charge is 0.483 e. The zero-order chi connectivity index (χ0) is 8.81. The summed E-state index contributed by atoms with van der Waals surface area (Å²) in [5, 5.41) is 0. The Kier molecular flexibility index (Phi) is 4.07. The van der Waals surface area contributed by atoms with E-state index in [1.807, 2.05) is 24.3 Å². The molecular weight excluding hydrogens is 267 g/mol. The first kappa shape index (κ1) is 9.51. The van der Waals surface area contributed by atoms with E-state index in [0.29, 0.717) is 11.0 Å². The van der Waals surface area contributed by atoms with Crippen LogP contribution in [0.1, 0.15) is 5.56 Å². The third-order valence-corrected chi connectivity index (χ3v) is 1.78. The molecule has 0 radical (unpaired) electrons. The van der Waals surface area contributed by atoms with Gasteiger partial charge in [0.1, 0.15) is 16.6 Å². The van der Waals surface area contributed by atoms with E-state index in [4.69, 9.17) is 4.74 Å². The number of aldehydes is 1. The molecule has 2 nitrogen and oxygen atoms in total. The second kappa shape index (κ2) is 5.13. The zero-order valence-corrected chi connectivity index (χ0v) is 8.65. The van der Waals surface area contributed by atoms with E-state index in [1.165, 1.54) is 0 Å². The first-order valence-electron chi connectivity index (χ1n) is 3.58. The quantitative estimate of drug-likeness (QED) is 0.479. The molecule has 3 heteroatoms. The molecule has 0 aliphatic rings. The minimum atomic E-state index is 0.477. The molecule has 0 fully saturated rings. The van der Waals surface area contributed by atoms with Gasteiger partial charge in [0.25, 0.3) is 0 Å². The molecule has 12 heavy (non-hydrogen) atoms. The van der Waals surface area contributed by atoms with Gasteiger partial charge in [-0.05, 0) is 40.3 Å². The molecule has 0 spiro atoms. The SMILES string of the molecule is O=CCc1ccc(OCI)cc1. The fraction of sp³-hybridized carbons (Fsp3) is 0.222. The van der Waals surface area contributed by atoms with Gasteiger partial charge in [0.05, 0.1) is 0 Å². The van der Waals surface area contributed by atoms with Crippen LogP contribution in [0.15, 0.2) is 24.3 Å². The van der Waals surface area contributed by atoms with Crippen molar-refractivity contribution in [1.29, 1.82) is 0 Å². The van der Waals surface area contributed by atoms with E-state index in [0.717, 1.165) is 17.6 Å². The highest BCUT2D eigenvalue weighted by atomic mass is 127. The third-order valence-electron chi connectivity index (χ3n) is 1.46. The Morgan fingerprint density at radius 1 is 1.33 bits per heavy atom. The zero-order valence-electron chi connectivity index (χ0n) is 6.50. The Morgan fingerprint density at radius 3 is 2.50 bits per heavy atom. The highest BCUT2D eigenvalue weighted by Crippen LogP contribution is 2.12. The molecule has 0 saturated heterocycles. The molecule has 0 aliphatic carbocycles. The molecule has 0 aromatic heterocycles. The molecule has 1 rings (SSSR count). The van der Waals surface area contributed by atoms with Crippen molar-refractivity contribution in [3.8, 4) is 5.75 Å². The second-order valence-corrected chi connectivity index (χ2v) is 2.89. The summed E-state index contributed by atoms with van der Waals surface area (Å²) in [5.74, 6) is 0.846. The van der Waals surface area contributed by atoms with Crippen molar-refractivity contribution in [1.82, 2.24) is 0 Å². The van der Waals surface area contributed by atoms with E-state index < -0.39 is 0 Å². The number of hydrogen-bond donors (Lipinski definition) is 0. The molecule has 64 valence electrons. The normalized spacial score (nSPS) is 9.42. The van der Waals surface area contributed by atoms with E-state index in [1.54, 1.807) is 0 Å². The van der Waals surface area contributed by atoms with Gasteiger partial charge in [-0.15, -0.1) is 0 Å². The third kappa shape index (κ3) is 2.81. The number of carbonyl (C=O) groups is 1. The van der Waals surface area contributed by atoms with Crippen molar-refractivity contribution in [2.45, 2.75) is 6.42 Å². The van der Waals surface area contributed by atoms with Gasteiger partial charge in [-0.1, -0.05) is 12.1 Å². The van der Waals surface area contributed by atoms with Crippen LogP contribution in [0.25, 0.3) is 0 Å². The first-order valence-corrected chi connectivity index (χ1v) is 5.10. The maximum absolute atomic E-state index is 10.2. The molecule has 0 amide bonds. The maximum Gasteiger partial charge on any atom is 0.139 e. The molecule has 0 atom stereocenters. The molecule has 0 N–H and O–H groups in total. The Morgan fingerprint density at radius 2 is 2.00 bits per heavy atom. The van der Waals surface area contributed by atoms with Crippen LogP contribution in [0, 0.1) is 0 Å². The summed E-state index contributed by atoms with van der Waals surface area (Å²) in [6.07, 6.45) is 1.37. The van der Waals surface area contributed by atoms with E-state index in [-0.39, 0.29) is 0 Å². The summed E-state index contributed by atoms with van der Waals surface area (Å²) in [7, 11) is 0. The van der Waals surface area contributed by atoms with Crippen LogP contribution < -0.4 is 4.74 Å². The van der Waals surface area contributed by atoms with Crippen LogP contribution in [0.2, 0.25) is 0 Å². The Balaban J connectivity index is 2.64. The summed E-state index contributed by atoms with van der Waals surface area (Å²) >= 11 is 2.14. The number of hydrogen-bond acceptors (Lipinski definition) is 2. The topological polar surface area (TPSA) is 26.3 Å². The van der Waals surface area contributed by atoms with Crippen LogP contribution >= 0.6 is 22.6 Å². The van der Waals surface area contributed by atoms with Gasteiger partial charge in [-0.3, -0.25) is 0 Å². The monoisotopic (exact) mass is 276 g/mol. The van der Waals surface area contributed by atoms with Crippen LogP contribution in [0.4, 0.5) is 0 Å². The Labute approximate surface area is 85.1 Å². The van der Waals surface area contributed by atoms with Crippen molar-refractivity contribution in [2.24, 2.45) is 0 Å². The molecule has 0 saturated carbocycles. The van der Waals surface area contributed by atoms with Crippen molar-refractivity contribution >= 4 is 28.9 Å². The van der Waals surface area contributed by atoms with Crippen molar-refractivity contribution in [3.63, 3.8) is 0 Å². The summed E-state index contributed by atoms with van der Waals surface area (Å²) in [6, 6.07) is 7.54. The van der Waals surface area contributed by atoms with Crippen LogP contribution in [-0.4, -0.2) is 10.9 Å². The van der Waals surface area contributed by atoms with E-state index in [9.17, 15) is 4.79 Å². The average Bonchev–Trinajstić information content (AvgIpc) is 2.09. The van der Waals surface area contributed by atoms with Gasteiger partial charge in [-0.25, -0.2) is 0 Å². The highest BCUT2D eigenvalue weighted by Gasteiger charge is 1.93. The Hall–Kier alpha value is -0.580. The molecule has 0 bridgehead atoms. The number of halogens is 1. The predicted molar refractivity (Wildman–Crippen MR) is 55.7 cm³/mol. The number of carbonyl (C=O) groups excluding carboxylic acids is 1. The summed E-state index contributed by atoms with van der Waals surface area (Å²) < 4.78 is 5.88. The lowest BCUT2D eigenvalue weighted by Gasteiger charge is -2.01. The predicted octanol–water partition coefficient (Wildman–Crippen LogP) is 2.20. The number of alkyl halides is 1. The lowest BCUT2D eigenvalue weighted by Crippen LogP contribution is -1.89.